The molecule has 0 N–H and O–H groups in total. The summed E-state index contributed by atoms with van der Waals surface area (Å²) in [6.45, 7) is 3.86. The van der Waals surface area contributed by atoms with Gasteiger partial charge in [-0.15, -0.1) is 0 Å². The van der Waals surface area contributed by atoms with Gasteiger partial charge in [-0.1, -0.05) is 54.5 Å². The summed E-state index contributed by atoms with van der Waals surface area (Å²) in [5.41, 5.74) is 9.21. The lowest BCUT2D eigenvalue weighted by Crippen LogP contribution is -2.44. The molecule has 0 bridgehead atoms. The van der Waals surface area contributed by atoms with Crippen LogP contribution < -0.4 is 9.47 Å². The van der Waals surface area contributed by atoms with E-state index in [9.17, 15) is 0 Å². The fraction of sp³-hybridized carbons (Fsp3) is 0.486. The van der Waals surface area contributed by atoms with Crippen molar-refractivity contribution in [2.24, 2.45) is 23.2 Å². The van der Waals surface area contributed by atoms with Crippen molar-refractivity contribution in [2.45, 2.75) is 57.7 Å². The molecule has 1 spiro atoms. The van der Waals surface area contributed by atoms with Crippen LogP contribution in [0.25, 0.3) is 11.1 Å². The smallest absolute Gasteiger partial charge is 0.172 e. The van der Waals surface area contributed by atoms with Gasteiger partial charge in [0.2, 0.25) is 0 Å². The van der Waals surface area contributed by atoms with Gasteiger partial charge in [0.05, 0.1) is 27.4 Å². The molecule has 4 aliphatic carbocycles. The van der Waals surface area contributed by atoms with Crippen LogP contribution in [-0.4, -0.2) is 33.2 Å². The summed E-state index contributed by atoms with van der Waals surface area (Å²) in [6, 6.07) is 17.6. The number of rotatable bonds is 5. The summed E-state index contributed by atoms with van der Waals surface area (Å²) in [7, 11) is 3.49. The van der Waals surface area contributed by atoms with E-state index in [2.05, 4.69) is 67.6 Å². The maximum absolute atomic E-state index is 6.18. The van der Waals surface area contributed by atoms with Gasteiger partial charge in [-0.25, -0.2) is 0 Å². The second kappa shape index (κ2) is 9.67. The molecule has 4 heteroatoms. The van der Waals surface area contributed by atoms with Crippen molar-refractivity contribution in [3.63, 3.8) is 0 Å². The third-order valence-corrected chi connectivity index (χ3v) is 10.6. The minimum atomic E-state index is -0.381. The van der Waals surface area contributed by atoms with Gasteiger partial charge in [-0.3, -0.25) is 0 Å². The predicted molar refractivity (Wildman–Crippen MR) is 154 cm³/mol. The third kappa shape index (κ3) is 3.94. The van der Waals surface area contributed by atoms with Crippen molar-refractivity contribution >= 4 is 11.1 Å². The number of methoxy groups -OCH3 is 2. The number of ether oxygens (including phenoxy) is 4. The van der Waals surface area contributed by atoms with Gasteiger partial charge < -0.3 is 18.9 Å². The minimum absolute atomic E-state index is 0.136. The van der Waals surface area contributed by atoms with Crippen LogP contribution in [0.4, 0.5) is 0 Å². The van der Waals surface area contributed by atoms with E-state index in [-0.39, 0.29) is 11.2 Å². The Morgan fingerprint density at radius 2 is 1.49 bits per heavy atom. The maximum Gasteiger partial charge on any atom is 0.172 e. The summed E-state index contributed by atoms with van der Waals surface area (Å²) < 4.78 is 23.4. The Morgan fingerprint density at radius 3 is 2.13 bits per heavy atom. The molecule has 4 atom stereocenters. The van der Waals surface area contributed by atoms with Gasteiger partial charge in [-0.2, -0.15) is 0 Å². The first-order valence-electron chi connectivity index (χ1n) is 14.8. The molecular weight excluding hydrogens is 484 g/mol. The Labute approximate surface area is 232 Å². The fourth-order valence-corrected chi connectivity index (χ4v) is 8.75. The van der Waals surface area contributed by atoms with Crippen LogP contribution in [0.1, 0.15) is 63.0 Å². The largest absolute Gasteiger partial charge is 0.497 e. The van der Waals surface area contributed by atoms with E-state index >= 15 is 0 Å². The number of allylic oxidation sites excluding steroid dienone is 5. The van der Waals surface area contributed by atoms with E-state index in [0.717, 1.165) is 69.7 Å². The van der Waals surface area contributed by atoms with Crippen molar-refractivity contribution in [3.8, 4) is 11.5 Å². The van der Waals surface area contributed by atoms with Gasteiger partial charge in [0.25, 0.3) is 0 Å². The van der Waals surface area contributed by atoms with Gasteiger partial charge >= 0.3 is 0 Å². The SMILES string of the molecule is CC[C@]12CC(c3ccc(OC)cc3)=C3[C@H]4CCC5(CC4=CC[C@H]3[C@@H]1CC=C2c1ccc(OC)cc1)OCCO5. The summed E-state index contributed by atoms with van der Waals surface area (Å²) in [5.74, 6) is 3.15. The molecule has 7 rings (SSSR count). The Morgan fingerprint density at radius 1 is 0.821 bits per heavy atom. The molecule has 1 aliphatic heterocycles. The number of benzene rings is 2. The van der Waals surface area contributed by atoms with Crippen LogP contribution in [0, 0.1) is 23.2 Å². The lowest BCUT2D eigenvalue weighted by molar-refractivity contribution is -0.170. The average Bonchev–Trinajstić information content (AvgIpc) is 3.61. The molecule has 5 aliphatic rings. The Balaban J connectivity index is 1.33. The molecule has 2 aromatic rings. The van der Waals surface area contributed by atoms with Crippen LogP contribution >= 0.6 is 0 Å². The van der Waals surface area contributed by atoms with Crippen LogP contribution in [0.5, 0.6) is 11.5 Å². The molecule has 204 valence electrons. The fourth-order valence-electron chi connectivity index (χ4n) is 8.75. The van der Waals surface area contributed by atoms with E-state index in [4.69, 9.17) is 18.9 Å². The molecule has 39 heavy (non-hydrogen) atoms. The van der Waals surface area contributed by atoms with Crippen LogP contribution in [0.15, 0.2) is 71.8 Å². The first-order valence-corrected chi connectivity index (χ1v) is 14.8. The first kappa shape index (κ1) is 25.2. The van der Waals surface area contributed by atoms with Gasteiger partial charge in [-0.05, 0) is 90.5 Å². The molecule has 4 nitrogen and oxygen atoms in total. The van der Waals surface area contributed by atoms with E-state index in [0.29, 0.717) is 17.8 Å². The highest BCUT2D eigenvalue weighted by Gasteiger charge is 2.55. The lowest BCUT2D eigenvalue weighted by atomic mass is 9.52. The Hall–Kier alpha value is -2.82. The predicted octanol–water partition coefficient (Wildman–Crippen LogP) is 7.85. The topological polar surface area (TPSA) is 36.9 Å². The molecular formula is C35H40O4. The number of hydrogen-bond acceptors (Lipinski definition) is 4. The maximum atomic E-state index is 6.18. The molecule has 1 saturated heterocycles. The second-order valence-corrected chi connectivity index (χ2v) is 12.0. The summed E-state index contributed by atoms with van der Waals surface area (Å²) in [6.07, 6.45) is 12.7. The summed E-state index contributed by atoms with van der Waals surface area (Å²) in [4.78, 5) is 0. The van der Waals surface area contributed by atoms with Gasteiger partial charge in [0.1, 0.15) is 11.5 Å². The van der Waals surface area contributed by atoms with Crippen molar-refractivity contribution < 1.29 is 18.9 Å². The Bertz CT molecular complexity index is 1330. The van der Waals surface area contributed by atoms with E-state index in [1.54, 1.807) is 30.9 Å². The summed E-state index contributed by atoms with van der Waals surface area (Å²) >= 11 is 0. The quantitative estimate of drug-likeness (QED) is 0.373. The van der Waals surface area contributed by atoms with Crippen LogP contribution in [-0.2, 0) is 9.47 Å². The van der Waals surface area contributed by atoms with Crippen molar-refractivity contribution in [3.05, 3.63) is 83.0 Å². The molecule has 0 unspecified atom stereocenters. The van der Waals surface area contributed by atoms with Crippen molar-refractivity contribution in [1.82, 2.24) is 0 Å². The zero-order valence-corrected chi connectivity index (χ0v) is 23.5. The van der Waals surface area contributed by atoms with Gasteiger partial charge in [0.15, 0.2) is 5.79 Å². The highest BCUT2D eigenvalue weighted by atomic mass is 16.7. The van der Waals surface area contributed by atoms with Crippen molar-refractivity contribution in [1.29, 1.82) is 0 Å². The van der Waals surface area contributed by atoms with Crippen LogP contribution in [0.2, 0.25) is 0 Å². The average molecular weight is 525 g/mol. The highest BCUT2D eigenvalue weighted by molar-refractivity contribution is 5.81. The third-order valence-electron chi connectivity index (χ3n) is 10.6. The van der Waals surface area contributed by atoms with E-state index in [1.807, 2.05) is 0 Å². The zero-order valence-electron chi connectivity index (χ0n) is 23.5. The molecule has 0 aromatic heterocycles. The van der Waals surface area contributed by atoms with Crippen LogP contribution in [0.3, 0.4) is 0 Å². The molecule has 0 amide bonds. The minimum Gasteiger partial charge on any atom is -0.497 e. The summed E-state index contributed by atoms with van der Waals surface area (Å²) in [5, 5.41) is 0. The second-order valence-electron chi connectivity index (χ2n) is 12.0. The normalized spacial score (nSPS) is 30.8. The highest BCUT2D eigenvalue weighted by Crippen LogP contribution is 2.66. The molecule has 1 heterocycles. The number of hydrogen-bond donors (Lipinski definition) is 0. The zero-order chi connectivity index (χ0) is 26.6. The molecule has 1 saturated carbocycles. The molecule has 0 radical (unpaired) electrons. The Kier molecular flexibility index (Phi) is 6.24. The first-order chi connectivity index (χ1) is 19.1. The lowest BCUT2D eigenvalue weighted by Gasteiger charge is -2.53. The van der Waals surface area contributed by atoms with E-state index in [1.165, 1.54) is 16.7 Å². The molecule has 2 aromatic carbocycles. The van der Waals surface area contributed by atoms with Gasteiger partial charge in [0, 0.05) is 24.2 Å². The number of fused-ring (bicyclic) bond motifs is 5. The molecule has 2 fully saturated rings. The standard InChI is InChI=1S/C35H40O4/c1-4-34-22-30(23-5-10-26(36-2)11-6-23)33-28-17-18-35(38-19-20-39-35)21-25(28)9-14-29(33)32(34)16-15-31(34)24-7-12-27(37-3)13-8-24/h5-13,15,28-29,32H,4,14,16-22H2,1-3H3/t28-,29-,32-,34+/m0/s1. The monoisotopic (exact) mass is 524 g/mol. The van der Waals surface area contributed by atoms with E-state index < -0.39 is 0 Å². The van der Waals surface area contributed by atoms with Crippen molar-refractivity contribution in [2.75, 3.05) is 27.4 Å².